The molecule has 0 saturated carbocycles. The van der Waals surface area contributed by atoms with Gasteiger partial charge in [0.2, 0.25) is 0 Å². The lowest BCUT2D eigenvalue weighted by molar-refractivity contribution is 1.32. The Morgan fingerprint density at radius 1 is 1.16 bits per heavy atom. The van der Waals surface area contributed by atoms with Gasteiger partial charge in [0, 0.05) is 5.56 Å². The van der Waals surface area contributed by atoms with Crippen LogP contribution < -0.4 is 17.0 Å². The highest BCUT2D eigenvalue weighted by Gasteiger charge is 2.07. The number of nitrogens with two attached hydrogens (primary N) is 2. The van der Waals surface area contributed by atoms with E-state index in [1.165, 1.54) is 5.56 Å². The van der Waals surface area contributed by atoms with Crippen LogP contribution in [0.3, 0.4) is 0 Å². The number of imidazole rings is 1. The second-order valence-corrected chi connectivity index (χ2v) is 4.55. The largest absolute Gasteiger partial charge is 0.397 e. The number of aromatic nitrogens is 2. The maximum Gasteiger partial charge on any atom is 0.138 e. The smallest absolute Gasteiger partial charge is 0.138 e. The molecule has 6 N–H and O–H groups in total. The first-order chi connectivity index (χ1) is 9.17. The molecule has 2 aromatic carbocycles. The van der Waals surface area contributed by atoms with Crippen LogP contribution in [-0.4, -0.2) is 9.97 Å². The number of H-pyrrole nitrogens is 1. The Bertz CT molecular complexity index is 745. The summed E-state index contributed by atoms with van der Waals surface area (Å²) in [4.78, 5) is 7.86. The SMILES string of the molecule is Cc1ccc2nc(-c3ccc(NN)c(N)c3)[nH]c2c1. The molecule has 0 saturated heterocycles. The maximum atomic E-state index is 5.90. The van der Waals surface area contributed by atoms with E-state index in [-0.39, 0.29) is 0 Å². The van der Waals surface area contributed by atoms with Gasteiger partial charge in [-0.1, -0.05) is 6.07 Å². The van der Waals surface area contributed by atoms with E-state index < -0.39 is 0 Å². The van der Waals surface area contributed by atoms with Gasteiger partial charge in [-0.2, -0.15) is 0 Å². The molecular formula is C14H15N5. The van der Waals surface area contributed by atoms with Crippen LogP contribution in [0.15, 0.2) is 36.4 Å². The van der Waals surface area contributed by atoms with Gasteiger partial charge in [0.05, 0.1) is 22.4 Å². The van der Waals surface area contributed by atoms with Crippen LogP contribution >= 0.6 is 0 Å². The third-order valence-corrected chi connectivity index (χ3v) is 3.12. The van der Waals surface area contributed by atoms with Crippen LogP contribution in [0.5, 0.6) is 0 Å². The van der Waals surface area contributed by atoms with Gasteiger partial charge in [0.1, 0.15) is 5.82 Å². The minimum Gasteiger partial charge on any atom is -0.397 e. The molecule has 96 valence electrons. The van der Waals surface area contributed by atoms with Crippen molar-refractivity contribution in [2.24, 2.45) is 5.84 Å². The molecule has 0 bridgehead atoms. The lowest BCUT2D eigenvalue weighted by atomic mass is 10.1. The number of hydrogen-bond acceptors (Lipinski definition) is 4. The summed E-state index contributed by atoms with van der Waals surface area (Å²) in [5.41, 5.74) is 13.9. The van der Waals surface area contributed by atoms with Gasteiger partial charge >= 0.3 is 0 Å². The fraction of sp³-hybridized carbons (Fsp3) is 0.0714. The number of fused-ring (bicyclic) bond motifs is 1. The Hall–Kier alpha value is -2.53. The summed E-state index contributed by atoms with van der Waals surface area (Å²) in [6.07, 6.45) is 0. The number of benzene rings is 2. The van der Waals surface area contributed by atoms with Gasteiger partial charge in [0.15, 0.2) is 0 Å². The summed E-state index contributed by atoms with van der Waals surface area (Å²) < 4.78 is 0. The van der Waals surface area contributed by atoms with Gasteiger partial charge < -0.3 is 16.1 Å². The van der Waals surface area contributed by atoms with E-state index in [9.17, 15) is 0 Å². The number of hydrazine groups is 1. The molecule has 0 aliphatic heterocycles. The lowest BCUT2D eigenvalue weighted by Crippen LogP contribution is -2.08. The fourth-order valence-corrected chi connectivity index (χ4v) is 2.10. The molecule has 0 radical (unpaired) electrons. The summed E-state index contributed by atoms with van der Waals surface area (Å²) >= 11 is 0. The molecule has 1 heterocycles. The minimum atomic E-state index is 0.594. The molecule has 0 spiro atoms. The normalized spacial score (nSPS) is 10.8. The lowest BCUT2D eigenvalue weighted by Gasteiger charge is -2.05. The average Bonchev–Trinajstić information content (AvgIpc) is 2.81. The summed E-state index contributed by atoms with van der Waals surface area (Å²) in [7, 11) is 0. The predicted molar refractivity (Wildman–Crippen MR) is 78.5 cm³/mol. The summed E-state index contributed by atoms with van der Waals surface area (Å²) in [5, 5.41) is 0. The zero-order valence-electron chi connectivity index (χ0n) is 10.6. The molecular weight excluding hydrogens is 238 g/mol. The number of rotatable bonds is 2. The van der Waals surface area contributed by atoms with Crippen molar-refractivity contribution in [2.75, 3.05) is 11.2 Å². The van der Waals surface area contributed by atoms with Crippen LogP contribution in [0.4, 0.5) is 11.4 Å². The molecule has 5 nitrogen and oxygen atoms in total. The fourth-order valence-electron chi connectivity index (χ4n) is 2.10. The number of aryl methyl sites for hydroxylation is 1. The number of nitrogens with one attached hydrogen (secondary N) is 2. The molecule has 1 aromatic heterocycles. The van der Waals surface area contributed by atoms with E-state index in [0.717, 1.165) is 22.4 Å². The van der Waals surface area contributed by atoms with Gasteiger partial charge in [-0.15, -0.1) is 0 Å². The third kappa shape index (κ3) is 2.00. The Labute approximate surface area is 110 Å². The van der Waals surface area contributed by atoms with Gasteiger partial charge in [-0.3, -0.25) is 5.84 Å². The van der Waals surface area contributed by atoms with Crippen molar-refractivity contribution in [3.63, 3.8) is 0 Å². The summed E-state index contributed by atoms with van der Waals surface area (Å²) in [5.74, 6) is 6.17. The van der Waals surface area contributed by atoms with Gasteiger partial charge in [0.25, 0.3) is 0 Å². The van der Waals surface area contributed by atoms with E-state index in [2.05, 4.69) is 28.4 Å². The first kappa shape index (κ1) is 11.6. The first-order valence-corrected chi connectivity index (χ1v) is 6.00. The molecule has 0 fully saturated rings. The zero-order chi connectivity index (χ0) is 13.4. The topological polar surface area (TPSA) is 92.8 Å². The van der Waals surface area contributed by atoms with E-state index in [4.69, 9.17) is 11.6 Å². The van der Waals surface area contributed by atoms with Crippen LogP contribution in [0, 0.1) is 6.92 Å². The van der Waals surface area contributed by atoms with Crippen molar-refractivity contribution in [1.29, 1.82) is 0 Å². The maximum absolute atomic E-state index is 5.90. The standard InChI is InChI=1S/C14H15N5/c1-8-2-4-12-13(6-8)18-14(17-12)9-3-5-11(19-16)10(15)7-9/h2-7,19H,15-16H2,1H3,(H,17,18). The van der Waals surface area contributed by atoms with Crippen LogP contribution in [0.2, 0.25) is 0 Å². The number of hydrogen-bond donors (Lipinski definition) is 4. The molecule has 0 unspecified atom stereocenters. The van der Waals surface area contributed by atoms with E-state index in [1.807, 2.05) is 30.3 Å². The molecule has 5 heteroatoms. The monoisotopic (exact) mass is 253 g/mol. The van der Waals surface area contributed by atoms with Crippen molar-refractivity contribution in [2.45, 2.75) is 6.92 Å². The van der Waals surface area contributed by atoms with Gasteiger partial charge in [-0.25, -0.2) is 4.98 Å². The Balaban J connectivity index is 2.11. The molecule has 0 aliphatic rings. The second-order valence-electron chi connectivity index (χ2n) is 4.55. The molecule has 3 aromatic rings. The quantitative estimate of drug-likeness (QED) is 0.320. The van der Waals surface area contributed by atoms with Crippen LogP contribution in [0.25, 0.3) is 22.4 Å². The Morgan fingerprint density at radius 2 is 2.00 bits per heavy atom. The average molecular weight is 253 g/mol. The van der Waals surface area contributed by atoms with E-state index in [1.54, 1.807) is 0 Å². The summed E-state index contributed by atoms with van der Waals surface area (Å²) in [6.45, 7) is 2.06. The second kappa shape index (κ2) is 4.29. The highest BCUT2D eigenvalue weighted by molar-refractivity contribution is 5.81. The van der Waals surface area contributed by atoms with Crippen molar-refractivity contribution in [3.05, 3.63) is 42.0 Å². The summed E-state index contributed by atoms with van der Waals surface area (Å²) in [6, 6.07) is 11.7. The minimum absolute atomic E-state index is 0.594. The van der Waals surface area contributed by atoms with Crippen LogP contribution in [-0.2, 0) is 0 Å². The Morgan fingerprint density at radius 3 is 2.74 bits per heavy atom. The van der Waals surface area contributed by atoms with Crippen molar-refractivity contribution in [3.8, 4) is 11.4 Å². The van der Waals surface area contributed by atoms with E-state index >= 15 is 0 Å². The van der Waals surface area contributed by atoms with Crippen molar-refractivity contribution < 1.29 is 0 Å². The predicted octanol–water partition coefficient (Wildman–Crippen LogP) is 2.41. The highest BCUT2D eigenvalue weighted by Crippen LogP contribution is 2.26. The first-order valence-electron chi connectivity index (χ1n) is 6.00. The third-order valence-electron chi connectivity index (χ3n) is 3.12. The zero-order valence-corrected chi connectivity index (χ0v) is 10.6. The molecule has 3 rings (SSSR count). The molecule has 0 aliphatic carbocycles. The van der Waals surface area contributed by atoms with Crippen LogP contribution in [0.1, 0.15) is 5.56 Å². The molecule has 19 heavy (non-hydrogen) atoms. The van der Waals surface area contributed by atoms with Crippen molar-refractivity contribution in [1.82, 2.24) is 9.97 Å². The number of anilines is 2. The van der Waals surface area contributed by atoms with E-state index in [0.29, 0.717) is 11.4 Å². The molecule has 0 atom stereocenters. The Kier molecular flexibility index (Phi) is 2.61. The molecule has 0 amide bonds. The number of nitrogens with zero attached hydrogens (tertiary/aromatic N) is 1. The highest BCUT2D eigenvalue weighted by atomic mass is 15.2. The van der Waals surface area contributed by atoms with Crippen molar-refractivity contribution >= 4 is 22.4 Å². The number of nitrogen functional groups attached to an aromatic ring is 2. The van der Waals surface area contributed by atoms with Gasteiger partial charge in [-0.05, 0) is 42.8 Å². The number of aromatic amines is 1.